The standard InChI is InChI=1S/C12H13NO3S2/c1-2-8-3-4-10(18-8)9-7-17-12(16)13(9)6-5-11(14)15/h3-4,7H,2,5-6H2,1H3,(H,14,15). The molecule has 0 aliphatic rings. The van der Waals surface area contributed by atoms with Crippen molar-refractivity contribution in [3.63, 3.8) is 0 Å². The summed E-state index contributed by atoms with van der Waals surface area (Å²) in [4.78, 5) is 24.5. The minimum atomic E-state index is -0.889. The van der Waals surface area contributed by atoms with Gasteiger partial charge in [-0.2, -0.15) is 0 Å². The summed E-state index contributed by atoms with van der Waals surface area (Å²) in [5.41, 5.74) is 0.830. The van der Waals surface area contributed by atoms with E-state index in [9.17, 15) is 9.59 Å². The van der Waals surface area contributed by atoms with Crippen LogP contribution in [0.15, 0.2) is 22.3 Å². The topological polar surface area (TPSA) is 59.3 Å². The summed E-state index contributed by atoms with van der Waals surface area (Å²) < 4.78 is 1.55. The van der Waals surface area contributed by atoms with Crippen LogP contribution in [0.3, 0.4) is 0 Å². The minimum absolute atomic E-state index is 0.0321. The van der Waals surface area contributed by atoms with Crippen molar-refractivity contribution in [2.45, 2.75) is 26.3 Å². The summed E-state index contributed by atoms with van der Waals surface area (Å²) in [5, 5.41) is 10.5. The number of hydrogen-bond donors (Lipinski definition) is 1. The van der Waals surface area contributed by atoms with Crippen LogP contribution in [0.1, 0.15) is 18.2 Å². The maximum atomic E-state index is 11.7. The first kappa shape index (κ1) is 13.0. The highest BCUT2D eigenvalue weighted by Gasteiger charge is 2.12. The Balaban J connectivity index is 2.33. The fourth-order valence-electron chi connectivity index (χ4n) is 1.65. The van der Waals surface area contributed by atoms with Gasteiger partial charge in [0, 0.05) is 16.8 Å². The first-order valence-corrected chi connectivity index (χ1v) is 7.30. The molecule has 0 aromatic carbocycles. The smallest absolute Gasteiger partial charge is 0.307 e. The van der Waals surface area contributed by atoms with E-state index < -0.39 is 5.97 Å². The maximum Gasteiger partial charge on any atom is 0.307 e. The van der Waals surface area contributed by atoms with Gasteiger partial charge >= 0.3 is 10.8 Å². The normalized spacial score (nSPS) is 10.7. The number of thiophene rings is 1. The fraction of sp³-hybridized carbons (Fsp3) is 0.333. The zero-order valence-electron chi connectivity index (χ0n) is 9.88. The summed E-state index contributed by atoms with van der Waals surface area (Å²) in [6.45, 7) is 2.31. The van der Waals surface area contributed by atoms with Crippen LogP contribution >= 0.6 is 22.7 Å². The van der Waals surface area contributed by atoms with Crippen molar-refractivity contribution in [2.24, 2.45) is 0 Å². The first-order valence-electron chi connectivity index (χ1n) is 5.61. The molecule has 2 heterocycles. The lowest BCUT2D eigenvalue weighted by Gasteiger charge is -2.03. The maximum absolute atomic E-state index is 11.7. The lowest BCUT2D eigenvalue weighted by atomic mass is 10.3. The van der Waals surface area contributed by atoms with E-state index in [0.29, 0.717) is 0 Å². The van der Waals surface area contributed by atoms with Gasteiger partial charge in [0.05, 0.1) is 17.0 Å². The van der Waals surface area contributed by atoms with Crippen molar-refractivity contribution in [1.29, 1.82) is 0 Å². The van der Waals surface area contributed by atoms with E-state index in [0.717, 1.165) is 28.3 Å². The van der Waals surface area contributed by atoms with E-state index in [2.05, 4.69) is 6.92 Å². The molecular weight excluding hydrogens is 270 g/mol. The number of aryl methyl sites for hydroxylation is 1. The van der Waals surface area contributed by atoms with E-state index in [-0.39, 0.29) is 17.8 Å². The van der Waals surface area contributed by atoms with Gasteiger partial charge in [0.25, 0.3) is 0 Å². The Hall–Kier alpha value is -1.40. The Morgan fingerprint density at radius 1 is 1.44 bits per heavy atom. The van der Waals surface area contributed by atoms with Gasteiger partial charge < -0.3 is 5.11 Å². The Bertz CT molecular complexity index is 609. The van der Waals surface area contributed by atoms with Crippen LogP contribution < -0.4 is 4.87 Å². The van der Waals surface area contributed by atoms with Crippen molar-refractivity contribution in [1.82, 2.24) is 4.57 Å². The number of aromatic nitrogens is 1. The molecule has 2 rings (SSSR count). The van der Waals surface area contributed by atoms with Crippen LogP contribution in [0.2, 0.25) is 0 Å². The van der Waals surface area contributed by atoms with Crippen molar-refractivity contribution < 1.29 is 9.90 Å². The molecule has 0 atom stereocenters. The molecule has 1 N–H and O–H groups in total. The number of carboxylic acid groups (broad SMARTS) is 1. The average molecular weight is 283 g/mol. The van der Waals surface area contributed by atoms with Crippen LogP contribution in [-0.4, -0.2) is 15.6 Å². The molecule has 0 fully saturated rings. The Morgan fingerprint density at radius 3 is 2.83 bits per heavy atom. The van der Waals surface area contributed by atoms with Gasteiger partial charge in [0.15, 0.2) is 0 Å². The number of thiazole rings is 1. The van der Waals surface area contributed by atoms with E-state index in [1.807, 2.05) is 12.1 Å². The first-order chi connectivity index (χ1) is 8.61. The van der Waals surface area contributed by atoms with Crippen molar-refractivity contribution >= 4 is 28.6 Å². The molecule has 0 unspecified atom stereocenters. The molecule has 4 nitrogen and oxygen atoms in total. The van der Waals surface area contributed by atoms with E-state index in [4.69, 9.17) is 5.11 Å². The van der Waals surface area contributed by atoms with Crippen molar-refractivity contribution in [3.8, 4) is 10.6 Å². The molecule has 6 heteroatoms. The molecule has 0 amide bonds. The van der Waals surface area contributed by atoms with Crippen LogP contribution in [-0.2, 0) is 17.8 Å². The molecule has 2 aromatic heterocycles. The molecule has 0 spiro atoms. The quantitative estimate of drug-likeness (QED) is 0.917. The van der Waals surface area contributed by atoms with Gasteiger partial charge in [-0.3, -0.25) is 14.2 Å². The molecule has 0 radical (unpaired) electrons. The molecule has 96 valence electrons. The van der Waals surface area contributed by atoms with E-state index in [1.165, 1.54) is 4.88 Å². The molecule has 0 saturated heterocycles. The lowest BCUT2D eigenvalue weighted by molar-refractivity contribution is -0.137. The second-order valence-corrected chi connectivity index (χ2v) is 5.79. The van der Waals surface area contributed by atoms with Crippen molar-refractivity contribution in [3.05, 3.63) is 32.1 Å². The molecule has 2 aromatic rings. The summed E-state index contributed by atoms with van der Waals surface area (Å²) in [7, 11) is 0. The lowest BCUT2D eigenvalue weighted by Crippen LogP contribution is -2.16. The molecule has 0 bridgehead atoms. The highest BCUT2D eigenvalue weighted by molar-refractivity contribution is 7.16. The number of aliphatic carboxylic acids is 1. The van der Waals surface area contributed by atoms with Crippen LogP contribution in [0, 0.1) is 0 Å². The number of nitrogens with zero attached hydrogens (tertiary/aromatic N) is 1. The third-order valence-electron chi connectivity index (χ3n) is 2.59. The number of rotatable bonds is 5. The van der Waals surface area contributed by atoms with Crippen LogP contribution in [0.5, 0.6) is 0 Å². The Kier molecular flexibility index (Phi) is 3.98. The van der Waals surface area contributed by atoms with Gasteiger partial charge in [-0.05, 0) is 18.6 Å². The van der Waals surface area contributed by atoms with Gasteiger partial charge in [-0.25, -0.2) is 0 Å². The third kappa shape index (κ3) is 2.70. The van der Waals surface area contributed by atoms with Crippen LogP contribution in [0.25, 0.3) is 10.6 Å². The number of hydrogen-bond acceptors (Lipinski definition) is 4. The minimum Gasteiger partial charge on any atom is -0.481 e. The number of carboxylic acids is 1. The summed E-state index contributed by atoms with van der Waals surface area (Å²) in [5.74, 6) is -0.889. The number of carbonyl (C=O) groups is 1. The van der Waals surface area contributed by atoms with E-state index >= 15 is 0 Å². The second-order valence-electron chi connectivity index (χ2n) is 3.80. The molecule has 0 aliphatic heterocycles. The van der Waals surface area contributed by atoms with Gasteiger partial charge in [0.2, 0.25) is 0 Å². The molecule has 18 heavy (non-hydrogen) atoms. The second kappa shape index (κ2) is 5.49. The highest BCUT2D eigenvalue weighted by atomic mass is 32.1. The Labute approximate surface area is 112 Å². The predicted molar refractivity (Wildman–Crippen MR) is 73.5 cm³/mol. The molecule has 0 saturated carbocycles. The highest BCUT2D eigenvalue weighted by Crippen LogP contribution is 2.28. The SMILES string of the molecule is CCc1ccc(-c2csc(=O)n2CCC(=O)O)s1. The zero-order chi connectivity index (χ0) is 13.1. The van der Waals surface area contributed by atoms with Gasteiger partial charge in [-0.1, -0.05) is 18.3 Å². The van der Waals surface area contributed by atoms with Gasteiger partial charge in [-0.15, -0.1) is 11.3 Å². The Morgan fingerprint density at radius 2 is 2.22 bits per heavy atom. The average Bonchev–Trinajstić information content (AvgIpc) is 2.92. The van der Waals surface area contributed by atoms with Gasteiger partial charge in [0.1, 0.15) is 0 Å². The monoisotopic (exact) mass is 283 g/mol. The summed E-state index contributed by atoms with van der Waals surface area (Å²) in [6.07, 6.45) is 0.934. The predicted octanol–water partition coefficient (Wildman–Crippen LogP) is 2.68. The largest absolute Gasteiger partial charge is 0.481 e. The third-order valence-corrected chi connectivity index (χ3v) is 4.61. The van der Waals surface area contributed by atoms with Crippen LogP contribution in [0.4, 0.5) is 0 Å². The molecular formula is C12H13NO3S2. The fourth-order valence-corrected chi connectivity index (χ4v) is 3.48. The van der Waals surface area contributed by atoms with Crippen molar-refractivity contribution in [2.75, 3.05) is 0 Å². The zero-order valence-corrected chi connectivity index (χ0v) is 11.5. The molecule has 0 aliphatic carbocycles. The summed E-state index contributed by atoms with van der Waals surface area (Å²) >= 11 is 2.76. The summed E-state index contributed by atoms with van der Waals surface area (Å²) in [6, 6.07) is 4.03. The van der Waals surface area contributed by atoms with E-state index in [1.54, 1.807) is 21.3 Å².